The van der Waals surface area contributed by atoms with E-state index < -0.39 is 12.0 Å². The summed E-state index contributed by atoms with van der Waals surface area (Å²) < 4.78 is 5.43. The van der Waals surface area contributed by atoms with Gasteiger partial charge in [0, 0.05) is 24.2 Å². The van der Waals surface area contributed by atoms with Crippen LogP contribution in [0.2, 0.25) is 0 Å². The van der Waals surface area contributed by atoms with Gasteiger partial charge in [0.15, 0.2) is 0 Å². The van der Waals surface area contributed by atoms with Crippen molar-refractivity contribution in [1.29, 1.82) is 0 Å². The SMILES string of the molecule is CC(C)C[C@H](NC(=O)c1ccc(N2CCCC2=O)cc1)C(=O)OCc1ccccc1. The van der Waals surface area contributed by atoms with Gasteiger partial charge in [-0.25, -0.2) is 4.79 Å². The second-order valence-electron chi connectivity index (χ2n) is 7.94. The zero-order valence-electron chi connectivity index (χ0n) is 17.5. The minimum absolute atomic E-state index is 0.102. The highest BCUT2D eigenvalue weighted by Gasteiger charge is 2.25. The average Bonchev–Trinajstić information content (AvgIpc) is 3.18. The maximum atomic E-state index is 12.7. The first-order valence-electron chi connectivity index (χ1n) is 10.4. The molecule has 0 unspecified atom stereocenters. The molecule has 0 aliphatic carbocycles. The summed E-state index contributed by atoms with van der Waals surface area (Å²) >= 11 is 0. The minimum Gasteiger partial charge on any atom is -0.459 e. The third kappa shape index (κ3) is 5.69. The lowest BCUT2D eigenvalue weighted by Gasteiger charge is -2.20. The molecule has 3 rings (SSSR count). The molecular formula is C24H28N2O4. The first-order chi connectivity index (χ1) is 14.4. The van der Waals surface area contributed by atoms with Crippen molar-refractivity contribution in [3.63, 3.8) is 0 Å². The predicted molar refractivity (Wildman–Crippen MR) is 115 cm³/mol. The van der Waals surface area contributed by atoms with Crippen LogP contribution in [0.5, 0.6) is 0 Å². The molecule has 1 atom stereocenters. The van der Waals surface area contributed by atoms with Crippen LogP contribution in [0.1, 0.15) is 49.0 Å². The van der Waals surface area contributed by atoms with Crippen molar-refractivity contribution >= 4 is 23.5 Å². The molecule has 1 N–H and O–H groups in total. The Morgan fingerprint density at radius 2 is 1.77 bits per heavy atom. The predicted octanol–water partition coefficient (Wildman–Crippen LogP) is 3.70. The van der Waals surface area contributed by atoms with E-state index in [4.69, 9.17) is 4.74 Å². The van der Waals surface area contributed by atoms with E-state index in [1.54, 1.807) is 29.2 Å². The molecule has 30 heavy (non-hydrogen) atoms. The van der Waals surface area contributed by atoms with E-state index >= 15 is 0 Å². The van der Waals surface area contributed by atoms with Gasteiger partial charge in [-0.2, -0.15) is 0 Å². The quantitative estimate of drug-likeness (QED) is 0.676. The Morgan fingerprint density at radius 3 is 2.37 bits per heavy atom. The van der Waals surface area contributed by atoms with Crippen LogP contribution in [-0.4, -0.2) is 30.4 Å². The molecule has 1 fully saturated rings. The van der Waals surface area contributed by atoms with E-state index in [1.807, 2.05) is 44.2 Å². The van der Waals surface area contributed by atoms with E-state index in [9.17, 15) is 14.4 Å². The van der Waals surface area contributed by atoms with Gasteiger partial charge >= 0.3 is 5.97 Å². The summed E-state index contributed by atoms with van der Waals surface area (Å²) in [6, 6.07) is 15.6. The zero-order chi connectivity index (χ0) is 21.5. The molecule has 1 saturated heterocycles. The summed E-state index contributed by atoms with van der Waals surface area (Å²) in [5.41, 5.74) is 2.12. The maximum absolute atomic E-state index is 12.7. The van der Waals surface area contributed by atoms with Crippen LogP contribution in [0.25, 0.3) is 0 Å². The van der Waals surface area contributed by atoms with E-state index in [-0.39, 0.29) is 24.3 Å². The smallest absolute Gasteiger partial charge is 0.328 e. The third-order valence-electron chi connectivity index (χ3n) is 5.04. The minimum atomic E-state index is -0.721. The largest absolute Gasteiger partial charge is 0.459 e. The Morgan fingerprint density at radius 1 is 1.07 bits per heavy atom. The number of carbonyl (C=O) groups excluding carboxylic acids is 3. The average molecular weight is 408 g/mol. The molecule has 6 heteroatoms. The highest BCUT2D eigenvalue weighted by atomic mass is 16.5. The Kier molecular flexibility index (Phi) is 7.22. The molecule has 0 radical (unpaired) electrons. The van der Waals surface area contributed by atoms with Crippen molar-refractivity contribution < 1.29 is 19.1 Å². The summed E-state index contributed by atoms with van der Waals surface area (Å²) in [4.78, 5) is 38.9. The lowest BCUT2D eigenvalue weighted by atomic mass is 10.0. The number of ether oxygens (including phenoxy) is 1. The van der Waals surface area contributed by atoms with Crippen LogP contribution in [0.4, 0.5) is 5.69 Å². The molecule has 1 aliphatic rings. The Labute approximate surface area is 177 Å². The standard InChI is InChI=1S/C24H28N2O4/c1-17(2)15-21(24(29)30-16-18-7-4-3-5-8-18)25-23(28)19-10-12-20(13-11-19)26-14-6-9-22(26)27/h3-5,7-8,10-13,17,21H,6,9,14-16H2,1-2H3,(H,25,28)/t21-/m0/s1. The van der Waals surface area contributed by atoms with Crippen LogP contribution in [0.15, 0.2) is 54.6 Å². The molecule has 1 aliphatic heterocycles. The van der Waals surface area contributed by atoms with Gasteiger partial charge in [-0.15, -0.1) is 0 Å². The number of amides is 2. The lowest BCUT2D eigenvalue weighted by molar-refractivity contribution is -0.147. The summed E-state index contributed by atoms with van der Waals surface area (Å²) in [6.45, 7) is 4.85. The molecule has 0 spiro atoms. The molecule has 0 aromatic heterocycles. The van der Waals surface area contributed by atoms with Crippen molar-refractivity contribution in [2.24, 2.45) is 5.92 Å². The fourth-order valence-electron chi connectivity index (χ4n) is 3.47. The van der Waals surface area contributed by atoms with Crippen LogP contribution in [0.3, 0.4) is 0 Å². The number of esters is 1. The summed E-state index contributed by atoms with van der Waals surface area (Å²) in [5, 5.41) is 2.80. The van der Waals surface area contributed by atoms with Crippen LogP contribution in [0, 0.1) is 5.92 Å². The highest BCUT2D eigenvalue weighted by molar-refractivity contribution is 5.98. The molecule has 6 nitrogen and oxygen atoms in total. The molecule has 2 amide bonds. The lowest BCUT2D eigenvalue weighted by Crippen LogP contribution is -2.42. The molecule has 158 valence electrons. The van der Waals surface area contributed by atoms with Crippen molar-refractivity contribution in [3.05, 3.63) is 65.7 Å². The molecule has 0 bridgehead atoms. The monoisotopic (exact) mass is 408 g/mol. The summed E-state index contributed by atoms with van der Waals surface area (Å²) in [6.07, 6.45) is 1.90. The van der Waals surface area contributed by atoms with Gasteiger partial charge in [0.25, 0.3) is 5.91 Å². The number of nitrogens with zero attached hydrogens (tertiary/aromatic N) is 1. The van der Waals surface area contributed by atoms with Crippen molar-refractivity contribution in [2.45, 2.75) is 45.8 Å². The van der Waals surface area contributed by atoms with Crippen LogP contribution < -0.4 is 10.2 Å². The van der Waals surface area contributed by atoms with Gasteiger partial charge in [-0.05, 0) is 48.6 Å². The van der Waals surface area contributed by atoms with Crippen molar-refractivity contribution in [1.82, 2.24) is 5.32 Å². The first kappa shape index (κ1) is 21.6. The second-order valence-corrected chi connectivity index (χ2v) is 7.94. The topological polar surface area (TPSA) is 75.7 Å². The molecule has 2 aromatic carbocycles. The molecule has 1 heterocycles. The fourth-order valence-corrected chi connectivity index (χ4v) is 3.47. The van der Waals surface area contributed by atoms with E-state index in [1.165, 1.54) is 0 Å². The number of rotatable bonds is 8. The third-order valence-corrected chi connectivity index (χ3v) is 5.04. The van der Waals surface area contributed by atoms with Gasteiger partial charge in [0.1, 0.15) is 12.6 Å². The maximum Gasteiger partial charge on any atom is 0.328 e. The van der Waals surface area contributed by atoms with E-state index in [0.717, 1.165) is 17.7 Å². The van der Waals surface area contributed by atoms with Gasteiger partial charge in [-0.3, -0.25) is 9.59 Å². The number of benzene rings is 2. The second kappa shape index (κ2) is 10.1. The van der Waals surface area contributed by atoms with Crippen LogP contribution >= 0.6 is 0 Å². The number of hydrogen-bond acceptors (Lipinski definition) is 4. The van der Waals surface area contributed by atoms with Crippen molar-refractivity contribution in [3.8, 4) is 0 Å². The van der Waals surface area contributed by atoms with Gasteiger partial charge in [0.2, 0.25) is 5.91 Å². The van der Waals surface area contributed by atoms with Gasteiger partial charge < -0.3 is 15.0 Å². The highest BCUT2D eigenvalue weighted by Crippen LogP contribution is 2.21. The van der Waals surface area contributed by atoms with Gasteiger partial charge in [-0.1, -0.05) is 44.2 Å². The van der Waals surface area contributed by atoms with Gasteiger partial charge in [0.05, 0.1) is 0 Å². The zero-order valence-corrected chi connectivity index (χ0v) is 17.5. The molecule has 0 saturated carbocycles. The van der Waals surface area contributed by atoms with Crippen molar-refractivity contribution in [2.75, 3.05) is 11.4 Å². The summed E-state index contributed by atoms with van der Waals surface area (Å²) in [7, 11) is 0. The molecule has 2 aromatic rings. The molecular weight excluding hydrogens is 380 g/mol. The fraction of sp³-hybridized carbons (Fsp3) is 0.375. The van der Waals surface area contributed by atoms with E-state index in [0.29, 0.717) is 24.9 Å². The Balaban J connectivity index is 1.62. The number of carbonyl (C=O) groups is 3. The number of anilines is 1. The normalized spacial score (nSPS) is 14.6. The van der Waals surface area contributed by atoms with Crippen LogP contribution in [-0.2, 0) is 20.9 Å². The number of nitrogens with one attached hydrogen (secondary N) is 1. The first-order valence-corrected chi connectivity index (χ1v) is 10.4. The summed E-state index contributed by atoms with van der Waals surface area (Å²) in [5.74, 6) is -0.467. The number of hydrogen-bond donors (Lipinski definition) is 1. The Hall–Kier alpha value is -3.15. The Bertz CT molecular complexity index is 878. The van der Waals surface area contributed by atoms with E-state index in [2.05, 4.69) is 5.32 Å².